The summed E-state index contributed by atoms with van der Waals surface area (Å²) < 4.78 is 2.10. The minimum atomic E-state index is -0.127. The Morgan fingerprint density at radius 3 is 2.26 bits per heavy atom. The van der Waals surface area contributed by atoms with Crippen molar-refractivity contribution in [2.45, 2.75) is 33.7 Å². The standard InChI is InChI=1S/C21H26ClN3O2/c1-14-13-20(15(2)25(14)19-7-5-18(22)6-8-19)21(27)16(3)23-9-11-24(12-10-23)17(4)26/h5-8,13,16H,9-12H2,1-4H3/p+1/t16-/m1/s1. The van der Waals surface area contributed by atoms with Gasteiger partial charge in [0.2, 0.25) is 11.7 Å². The van der Waals surface area contributed by atoms with Crippen LogP contribution in [0.5, 0.6) is 0 Å². The maximum absolute atomic E-state index is 13.2. The fourth-order valence-corrected chi connectivity index (χ4v) is 4.09. The lowest BCUT2D eigenvalue weighted by Crippen LogP contribution is -3.18. The molecule has 1 N–H and O–H groups in total. The van der Waals surface area contributed by atoms with E-state index in [-0.39, 0.29) is 17.7 Å². The van der Waals surface area contributed by atoms with Crippen LogP contribution in [0, 0.1) is 13.8 Å². The molecule has 1 fully saturated rings. The van der Waals surface area contributed by atoms with Crippen molar-refractivity contribution >= 4 is 23.3 Å². The summed E-state index contributed by atoms with van der Waals surface area (Å²) in [7, 11) is 0. The Morgan fingerprint density at radius 2 is 1.70 bits per heavy atom. The molecule has 1 aliphatic rings. The fraction of sp³-hybridized carbons (Fsp3) is 0.429. The molecule has 0 saturated carbocycles. The second kappa shape index (κ2) is 7.87. The summed E-state index contributed by atoms with van der Waals surface area (Å²) in [6.45, 7) is 10.6. The molecule has 1 saturated heterocycles. The quantitative estimate of drug-likeness (QED) is 0.815. The van der Waals surface area contributed by atoms with Crippen LogP contribution in [0.4, 0.5) is 0 Å². The van der Waals surface area contributed by atoms with E-state index < -0.39 is 0 Å². The van der Waals surface area contributed by atoms with Gasteiger partial charge in [0.05, 0.1) is 26.2 Å². The van der Waals surface area contributed by atoms with Crippen LogP contribution in [0.2, 0.25) is 5.02 Å². The summed E-state index contributed by atoms with van der Waals surface area (Å²) in [6.07, 6.45) is 0. The maximum atomic E-state index is 13.2. The second-order valence-corrected chi connectivity index (χ2v) is 7.78. The summed E-state index contributed by atoms with van der Waals surface area (Å²) in [5.41, 5.74) is 3.76. The Kier molecular flexibility index (Phi) is 5.72. The first-order valence-electron chi connectivity index (χ1n) is 9.38. The van der Waals surface area contributed by atoms with Crippen LogP contribution in [0.1, 0.15) is 35.6 Å². The molecule has 1 aromatic carbocycles. The van der Waals surface area contributed by atoms with Gasteiger partial charge in [0.25, 0.3) is 0 Å². The SMILES string of the molecule is CC(=O)N1CC[NH+]([C@H](C)C(=O)c2cc(C)n(-c3ccc(Cl)cc3)c2C)CC1. The van der Waals surface area contributed by atoms with Gasteiger partial charge < -0.3 is 14.4 Å². The van der Waals surface area contributed by atoms with Gasteiger partial charge in [-0.25, -0.2) is 0 Å². The molecular formula is C21H27ClN3O2+. The Hall–Kier alpha value is -2.11. The molecule has 144 valence electrons. The normalized spacial score (nSPS) is 16.4. The molecule has 3 rings (SSSR count). The number of carbonyl (C=O) groups excluding carboxylic acids is 2. The number of Topliss-reactive ketones (excluding diaryl/α,β-unsaturated/α-hetero) is 1. The lowest BCUT2D eigenvalue weighted by atomic mass is 10.0. The number of benzene rings is 1. The highest BCUT2D eigenvalue weighted by atomic mass is 35.5. The predicted molar refractivity (Wildman–Crippen MR) is 107 cm³/mol. The molecule has 0 aliphatic carbocycles. The number of nitrogens with zero attached hydrogens (tertiary/aromatic N) is 2. The van der Waals surface area contributed by atoms with Crippen LogP contribution < -0.4 is 4.90 Å². The van der Waals surface area contributed by atoms with E-state index in [0.29, 0.717) is 18.1 Å². The number of rotatable bonds is 4. The number of quaternary nitrogens is 1. The zero-order chi connectivity index (χ0) is 19.7. The van der Waals surface area contributed by atoms with E-state index >= 15 is 0 Å². The Morgan fingerprint density at radius 1 is 1.11 bits per heavy atom. The van der Waals surface area contributed by atoms with Gasteiger partial charge in [0, 0.05) is 34.6 Å². The van der Waals surface area contributed by atoms with Crippen LogP contribution >= 0.6 is 11.6 Å². The van der Waals surface area contributed by atoms with Crippen molar-refractivity contribution in [3.63, 3.8) is 0 Å². The fourth-order valence-electron chi connectivity index (χ4n) is 3.96. The zero-order valence-corrected chi connectivity index (χ0v) is 17.1. The molecule has 0 unspecified atom stereocenters. The second-order valence-electron chi connectivity index (χ2n) is 7.35. The molecule has 1 amide bonds. The number of piperazine rings is 1. The lowest BCUT2D eigenvalue weighted by Gasteiger charge is -2.34. The number of carbonyl (C=O) groups is 2. The molecule has 27 heavy (non-hydrogen) atoms. The largest absolute Gasteiger partial charge is 0.332 e. The number of halogens is 1. The third-order valence-electron chi connectivity index (χ3n) is 5.64. The summed E-state index contributed by atoms with van der Waals surface area (Å²) in [5, 5.41) is 0.694. The van der Waals surface area contributed by atoms with Crippen molar-refractivity contribution < 1.29 is 14.5 Å². The van der Waals surface area contributed by atoms with Gasteiger partial charge in [0.15, 0.2) is 0 Å². The van der Waals surface area contributed by atoms with Crippen molar-refractivity contribution in [1.82, 2.24) is 9.47 Å². The van der Waals surface area contributed by atoms with Crippen molar-refractivity contribution in [3.8, 4) is 5.69 Å². The topological polar surface area (TPSA) is 46.8 Å². The molecule has 2 aromatic rings. The van der Waals surface area contributed by atoms with E-state index in [1.54, 1.807) is 6.92 Å². The molecule has 1 aromatic heterocycles. The Balaban J connectivity index is 1.80. The minimum absolute atomic E-state index is 0.111. The van der Waals surface area contributed by atoms with Crippen molar-refractivity contribution in [2.75, 3.05) is 26.2 Å². The molecule has 1 aliphatic heterocycles. The van der Waals surface area contributed by atoms with E-state index in [4.69, 9.17) is 11.6 Å². The van der Waals surface area contributed by atoms with E-state index in [2.05, 4.69) is 4.57 Å². The molecule has 1 atom stereocenters. The minimum Gasteiger partial charge on any atom is -0.332 e. The van der Waals surface area contributed by atoms with Crippen LogP contribution in [0.25, 0.3) is 5.69 Å². The van der Waals surface area contributed by atoms with Gasteiger partial charge in [-0.05, 0) is 51.1 Å². The summed E-state index contributed by atoms with van der Waals surface area (Å²) in [4.78, 5) is 27.8. The summed E-state index contributed by atoms with van der Waals surface area (Å²) in [6, 6.07) is 9.50. The first-order chi connectivity index (χ1) is 12.8. The van der Waals surface area contributed by atoms with Gasteiger partial charge in [-0.2, -0.15) is 0 Å². The highest BCUT2D eigenvalue weighted by Gasteiger charge is 2.32. The lowest BCUT2D eigenvalue weighted by molar-refractivity contribution is -0.917. The van der Waals surface area contributed by atoms with E-state index in [1.165, 1.54) is 4.90 Å². The van der Waals surface area contributed by atoms with E-state index in [0.717, 1.165) is 35.7 Å². The highest BCUT2D eigenvalue weighted by molar-refractivity contribution is 6.30. The maximum Gasteiger partial charge on any atom is 0.221 e. The molecule has 0 bridgehead atoms. The predicted octanol–water partition coefficient (Wildman–Crippen LogP) is 2.07. The van der Waals surface area contributed by atoms with Crippen LogP contribution in [-0.4, -0.2) is 53.4 Å². The highest BCUT2D eigenvalue weighted by Crippen LogP contribution is 2.23. The molecule has 0 radical (unpaired) electrons. The van der Waals surface area contributed by atoms with E-state index in [1.807, 2.05) is 56.0 Å². The Bertz CT molecular complexity index is 849. The van der Waals surface area contributed by atoms with Gasteiger partial charge >= 0.3 is 0 Å². The van der Waals surface area contributed by atoms with Gasteiger partial charge in [-0.3, -0.25) is 9.59 Å². The first kappa shape index (κ1) is 19.6. The number of hydrogen-bond donors (Lipinski definition) is 1. The third kappa shape index (κ3) is 3.94. The smallest absolute Gasteiger partial charge is 0.221 e. The number of ketones is 1. The summed E-state index contributed by atoms with van der Waals surface area (Å²) in [5.74, 6) is 0.272. The number of hydrogen-bond acceptors (Lipinski definition) is 2. The number of amides is 1. The number of aromatic nitrogens is 1. The van der Waals surface area contributed by atoms with E-state index in [9.17, 15) is 9.59 Å². The average molecular weight is 389 g/mol. The average Bonchev–Trinajstić information content (AvgIpc) is 2.95. The first-order valence-corrected chi connectivity index (χ1v) is 9.76. The molecule has 5 nitrogen and oxygen atoms in total. The Labute approximate surface area is 165 Å². The molecular weight excluding hydrogens is 362 g/mol. The zero-order valence-electron chi connectivity index (χ0n) is 16.4. The van der Waals surface area contributed by atoms with Gasteiger partial charge in [-0.1, -0.05) is 11.6 Å². The van der Waals surface area contributed by atoms with Crippen molar-refractivity contribution in [3.05, 3.63) is 52.3 Å². The third-order valence-corrected chi connectivity index (χ3v) is 5.89. The van der Waals surface area contributed by atoms with Crippen molar-refractivity contribution in [1.29, 1.82) is 0 Å². The van der Waals surface area contributed by atoms with Gasteiger partial charge in [-0.15, -0.1) is 0 Å². The van der Waals surface area contributed by atoms with Crippen LogP contribution in [0.15, 0.2) is 30.3 Å². The monoisotopic (exact) mass is 388 g/mol. The van der Waals surface area contributed by atoms with Crippen molar-refractivity contribution in [2.24, 2.45) is 0 Å². The number of nitrogens with one attached hydrogen (secondary N) is 1. The van der Waals surface area contributed by atoms with Gasteiger partial charge in [0.1, 0.15) is 6.04 Å². The number of aryl methyl sites for hydroxylation is 1. The molecule has 6 heteroatoms. The van der Waals surface area contributed by atoms with Crippen LogP contribution in [-0.2, 0) is 4.79 Å². The molecule has 0 spiro atoms. The molecule has 2 heterocycles. The summed E-state index contributed by atoms with van der Waals surface area (Å²) >= 11 is 6.00. The van der Waals surface area contributed by atoms with Crippen LogP contribution in [0.3, 0.4) is 0 Å².